The van der Waals surface area contributed by atoms with Crippen molar-refractivity contribution in [2.45, 2.75) is 33.7 Å². The molecule has 0 radical (unpaired) electrons. The van der Waals surface area contributed by atoms with Crippen LogP contribution in [-0.2, 0) is 6.54 Å². The van der Waals surface area contributed by atoms with Crippen LogP contribution in [0.15, 0.2) is 76.2 Å². The smallest absolute Gasteiger partial charge is 0.126 e. The molecule has 1 heterocycles. The Morgan fingerprint density at radius 2 is 2.03 bits per heavy atom. The van der Waals surface area contributed by atoms with Gasteiger partial charge in [0.25, 0.3) is 0 Å². The van der Waals surface area contributed by atoms with Gasteiger partial charge >= 0.3 is 0 Å². The Kier molecular flexibility index (Phi) is 11.6. The van der Waals surface area contributed by atoms with Gasteiger partial charge in [-0.05, 0) is 62.4 Å². The maximum atomic E-state index is 12.7. The molecule has 0 bridgehead atoms. The van der Waals surface area contributed by atoms with Gasteiger partial charge in [0, 0.05) is 49.4 Å². The van der Waals surface area contributed by atoms with E-state index in [2.05, 4.69) is 33.3 Å². The van der Waals surface area contributed by atoms with Crippen molar-refractivity contribution in [2.75, 3.05) is 13.1 Å². The minimum Gasteiger partial charge on any atom is -0.391 e. The van der Waals surface area contributed by atoms with Crippen molar-refractivity contribution in [3.05, 3.63) is 83.4 Å². The normalized spacial score (nSPS) is 19.2. The van der Waals surface area contributed by atoms with Crippen molar-refractivity contribution < 1.29 is 8.78 Å². The summed E-state index contributed by atoms with van der Waals surface area (Å²) in [6, 6.07) is 3.43. The lowest BCUT2D eigenvalue weighted by Gasteiger charge is -2.05. The summed E-state index contributed by atoms with van der Waals surface area (Å²) >= 11 is 0. The fourth-order valence-electron chi connectivity index (χ4n) is 2.30. The van der Waals surface area contributed by atoms with Gasteiger partial charge in [-0.3, -0.25) is 9.98 Å². The van der Waals surface area contributed by atoms with E-state index in [1.807, 2.05) is 44.6 Å². The second-order valence-electron chi connectivity index (χ2n) is 6.46. The van der Waals surface area contributed by atoms with Crippen molar-refractivity contribution >= 4 is 12.4 Å². The number of allylic oxidation sites excluding steroid dienone is 4. The summed E-state index contributed by atoms with van der Waals surface area (Å²) in [6.07, 6.45) is 12.7. The molecule has 4 nitrogen and oxygen atoms in total. The van der Waals surface area contributed by atoms with Crippen LogP contribution < -0.4 is 10.6 Å². The summed E-state index contributed by atoms with van der Waals surface area (Å²) in [7, 11) is 0. The van der Waals surface area contributed by atoms with Crippen LogP contribution in [0.25, 0.3) is 0 Å². The lowest BCUT2D eigenvalue weighted by molar-refractivity contribution is 0.578. The Hall–Kier alpha value is -3.02. The summed E-state index contributed by atoms with van der Waals surface area (Å²) < 4.78 is 25.3. The van der Waals surface area contributed by atoms with Crippen molar-refractivity contribution in [1.29, 1.82) is 0 Å². The van der Waals surface area contributed by atoms with Crippen molar-refractivity contribution in [2.24, 2.45) is 9.98 Å². The highest BCUT2D eigenvalue weighted by molar-refractivity contribution is 5.78. The average molecular weight is 401 g/mol. The molecular formula is C23H30F2N4. The largest absolute Gasteiger partial charge is 0.391 e. The summed E-state index contributed by atoms with van der Waals surface area (Å²) in [6.45, 7) is 11.4. The Bertz CT molecular complexity index is 785. The number of hydrogen-bond acceptors (Lipinski definition) is 4. The molecule has 29 heavy (non-hydrogen) atoms. The van der Waals surface area contributed by atoms with Gasteiger partial charge < -0.3 is 10.6 Å². The Morgan fingerprint density at radius 3 is 2.69 bits per heavy atom. The Morgan fingerprint density at radius 1 is 1.31 bits per heavy atom. The lowest BCUT2D eigenvalue weighted by Crippen LogP contribution is -2.09. The first-order valence-corrected chi connectivity index (χ1v) is 9.49. The van der Waals surface area contributed by atoms with Crippen LogP contribution in [-0.4, -0.2) is 25.5 Å². The van der Waals surface area contributed by atoms with E-state index in [4.69, 9.17) is 0 Å². The first kappa shape index (κ1) is 24.0. The molecule has 1 aliphatic rings. The third-order valence-electron chi connectivity index (χ3n) is 3.64. The molecule has 0 amide bonds. The van der Waals surface area contributed by atoms with Crippen LogP contribution >= 0.6 is 0 Å². The molecule has 0 saturated carbocycles. The molecule has 0 unspecified atom stereocenters. The molecular weight excluding hydrogens is 370 g/mol. The minimum atomic E-state index is -0.557. The van der Waals surface area contributed by atoms with E-state index in [1.54, 1.807) is 6.92 Å². The van der Waals surface area contributed by atoms with Gasteiger partial charge in [0.2, 0.25) is 0 Å². The van der Waals surface area contributed by atoms with E-state index in [9.17, 15) is 8.78 Å². The van der Waals surface area contributed by atoms with Crippen molar-refractivity contribution in [3.8, 4) is 0 Å². The van der Waals surface area contributed by atoms with Crippen LogP contribution in [0, 0.1) is 11.6 Å². The molecule has 6 heteroatoms. The van der Waals surface area contributed by atoms with E-state index in [0.29, 0.717) is 18.7 Å². The molecule has 2 rings (SSSR count). The molecule has 0 saturated heterocycles. The van der Waals surface area contributed by atoms with Crippen LogP contribution in [0.5, 0.6) is 0 Å². The van der Waals surface area contributed by atoms with E-state index in [-0.39, 0.29) is 0 Å². The third-order valence-corrected chi connectivity index (χ3v) is 3.64. The molecule has 2 N–H and O–H groups in total. The standard InChI is InChI=1S/C13H19N3.C10H11F2N/c1-3-16-13-6-9-14-8-4-5-12(2)11-15-10-7-13;1-7(2)13-6-8-3-9(11)5-10(12)4-8/h3-5,7-8,11,14H,6,9-10H2,1-2H3;3-5,13H,1,6H2,2H3/b8-4+,12-5-,13-7+,15-11?,16-3?;. The number of halogens is 2. The molecule has 156 valence electrons. The summed E-state index contributed by atoms with van der Waals surface area (Å²) in [5.74, 6) is -1.11. The van der Waals surface area contributed by atoms with Crippen LogP contribution in [0.3, 0.4) is 0 Å². The highest BCUT2D eigenvalue weighted by Gasteiger charge is 1.99. The van der Waals surface area contributed by atoms with Crippen molar-refractivity contribution in [1.82, 2.24) is 10.6 Å². The maximum absolute atomic E-state index is 12.7. The topological polar surface area (TPSA) is 48.8 Å². The maximum Gasteiger partial charge on any atom is 0.126 e. The third kappa shape index (κ3) is 12.1. The fourth-order valence-corrected chi connectivity index (χ4v) is 2.30. The van der Waals surface area contributed by atoms with Gasteiger partial charge in [-0.25, -0.2) is 8.78 Å². The quantitative estimate of drug-likeness (QED) is 0.693. The number of hydrogen-bond donors (Lipinski definition) is 2. The highest BCUT2D eigenvalue weighted by atomic mass is 19.1. The lowest BCUT2D eigenvalue weighted by atomic mass is 10.2. The summed E-state index contributed by atoms with van der Waals surface area (Å²) in [5.41, 5.74) is 3.57. The van der Waals surface area contributed by atoms with Crippen LogP contribution in [0.2, 0.25) is 0 Å². The summed E-state index contributed by atoms with van der Waals surface area (Å²) in [5, 5.41) is 6.12. The number of benzene rings is 1. The molecule has 1 aromatic carbocycles. The second kappa shape index (κ2) is 14.0. The SMILES string of the molecule is C=C(C)NCc1cc(F)cc(F)c1.CC=N/C1=C/CN=C/C(C)=C\C=C\NCC1. The van der Waals surface area contributed by atoms with Gasteiger partial charge in [0.1, 0.15) is 11.6 Å². The van der Waals surface area contributed by atoms with Crippen LogP contribution in [0.4, 0.5) is 8.78 Å². The monoisotopic (exact) mass is 400 g/mol. The van der Waals surface area contributed by atoms with Gasteiger partial charge in [-0.15, -0.1) is 0 Å². The number of aliphatic imine (C=N–C) groups is 2. The first-order chi connectivity index (χ1) is 13.9. The molecule has 0 fully saturated rings. The fraction of sp³-hybridized carbons (Fsp3) is 0.304. The van der Waals surface area contributed by atoms with Crippen molar-refractivity contribution in [3.63, 3.8) is 0 Å². The zero-order valence-corrected chi connectivity index (χ0v) is 17.4. The number of nitrogens with one attached hydrogen (secondary N) is 2. The van der Waals surface area contributed by atoms with E-state index in [1.165, 1.54) is 12.1 Å². The molecule has 0 atom stereocenters. The van der Waals surface area contributed by atoms with Gasteiger partial charge in [0.05, 0.1) is 6.54 Å². The second-order valence-corrected chi connectivity index (χ2v) is 6.46. The molecule has 0 aromatic heterocycles. The molecule has 1 aliphatic heterocycles. The average Bonchev–Trinajstić information content (AvgIpc) is 2.64. The van der Waals surface area contributed by atoms with Gasteiger partial charge in [-0.1, -0.05) is 12.7 Å². The highest BCUT2D eigenvalue weighted by Crippen LogP contribution is 2.07. The first-order valence-electron chi connectivity index (χ1n) is 9.49. The van der Waals surface area contributed by atoms with E-state index < -0.39 is 11.6 Å². The zero-order chi connectivity index (χ0) is 21.5. The van der Waals surface area contributed by atoms with E-state index in [0.717, 1.165) is 36.0 Å². The minimum absolute atomic E-state index is 0.393. The van der Waals surface area contributed by atoms with E-state index >= 15 is 0 Å². The van der Waals surface area contributed by atoms with Gasteiger partial charge in [0.15, 0.2) is 0 Å². The molecule has 1 aromatic rings. The number of rotatable bonds is 4. The molecule has 0 spiro atoms. The predicted octanol–water partition coefficient (Wildman–Crippen LogP) is 5.07. The Balaban J connectivity index is 0.000000296. The van der Waals surface area contributed by atoms with Crippen LogP contribution in [0.1, 0.15) is 32.8 Å². The number of nitrogens with zero attached hydrogens (tertiary/aromatic N) is 2. The zero-order valence-electron chi connectivity index (χ0n) is 17.4. The van der Waals surface area contributed by atoms with Gasteiger partial charge in [-0.2, -0.15) is 0 Å². The Labute approximate surface area is 172 Å². The molecule has 0 aliphatic carbocycles. The summed E-state index contributed by atoms with van der Waals surface area (Å²) in [4.78, 5) is 8.63. The predicted molar refractivity (Wildman–Crippen MR) is 119 cm³/mol.